The number of hydrogen-bond donors (Lipinski definition) is 1. The van der Waals surface area contributed by atoms with E-state index in [2.05, 4.69) is 14.9 Å². The van der Waals surface area contributed by atoms with Gasteiger partial charge >= 0.3 is 0 Å². The van der Waals surface area contributed by atoms with Gasteiger partial charge in [0.2, 0.25) is 0 Å². The van der Waals surface area contributed by atoms with Gasteiger partial charge in [-0.1, -0.05) is 0 Å². The molecule has 0 unspecified atom stereocenters. The highest BCUT2D eigenvalue weighted by Crippen LogP contribution is 2.29. The van der Waals surface area contributed by atoms with Gasteiger partial charge in [0.15, 0.2) is 5.82 Å². The first-order valence-corrected chi connectivity index (χ1v) is 5.06. The Bertz CT molecular complexity index is 351. The summed E-state index contributed by atoms with van der Waals surface area (Å²) in [5.74, 6) is 2.02. The molecule has 0 radical (unpaired) electrons. The molecule has 0 aliphatic heterocycles. The molecule has 5 heteroatoms. The normalized spacial score (nSPS) is 15.3. The maximum absolute atomic E-state index is 5.71. The van der Waals surface area contributed by atoms with E-state index >= 15 is 0 Å². The van der Waals surface area contributed by atoms with Gasteiger partial charge in [0.1, 0.15) is 18.2 Å². The van der Waals surface area contributed by atoms with Gasteiger partial charge in [0.25, 0.3) is 0 Å². The summed E-state index contributed by atoms with van der Waals surface area (Å²) in [7, 11) is 3.66. The number of ether oxygens (including phenoxy) is 1. The van der Waals surface area contributed by atoms with E-state index in [-0.39, 0.29) is 0 Å². The molecule has 0 saturated heterocycles. The Morgan fingerprint density at radius 1 is 1.53 bits per heavy atom. The maximum Gasteiger partial charge on any atom is 0.158 e. The molecule has 2 rings (SSSR count). The minimum Gasteiger partial charge on any atom is -0.384 e. The van der Waals surface area contributed by atoms with Crippen LogP contribution in [0.5, 0.6) is 0 Å². The molecule has 2 N–H and O–H groups in total. The van der Waals surface area contributed by atoms with Crippen molar-refractivity contribution in [2.45, 2.75) is 25.5 Å². The molecule has 5 nitrogen and oxygen atoms in total. The fourth-order valence-electron chi connectivity index (χ4n) is 1.53. The van der Waals surface area contributed by atoms with Crippen molar-refractivity contribution in [3.8, 4) is 0 Å². The third-order valence-electron chi connectivity index (χ3n) is 2.51. The molecule has 0 bridgehead atoms. The summed E-state index contributed by atoms with van der Waals surface area (Å²) in [6, 6.07) is 2.42. The van der Waals surface area contributed by atoms with Crippen LogP contribution in [0.3, 0.4) is 0 Å². The third-order valence-corrected chi connectivity index (χ3v) is 2.51. The number of anilines is 2. The minimum absolute atomic E-state index is 0.399. The highest BCUT2D eigenvalue weighted by atomic mass is 16.5. The van der Waals surface area contributed by atoms with Crippen LogP contribution in [0.4, 0.5) is 11.6 Å². The van der Waals surface area contributed by atoms with E-state index in [1.807, 2.05) is 7.05 Å². The van der Waals surface area contributed by atoms with Gasteiger partial charge in [-0.2, -0.15) is 0 Å². The molecule has 1 heterocycles. The summed E-state index contributed by atoms with van der Waals surface area (Å²) in [5.41, 5.74) is 5.71. The number of nitrogens with zero attached hydrogens (tertiary/aromatic N) is 3. The van der Waals surface area contributed by atoms with Crippen LogP contribution in [0.15, 0.2) is 6.07 Å². The Hall–Kier alpha value is -1.36. The Kier molecular flexibility index (Phi) is 2.73. The number of methoxy groups -OCH3 is 1. The van der Waals surface area contributed by atoms with Gasteiger partial charge in [0, 0.05) is 26.3 Å². The molecule has 15 heavy (non-hydrogen) atoms. The number of aromatic nitrogens is 2. The molecule has 1 aromatic heterocycles. The van der Waals surface area contributed by atoms with Crippen LogP contribution < -0.4 is 10.6 Å². The van der Waals surface area contributed by atoms with E-state index in [1.165, 1.54) is 12.8 Å². The lowest BCUT2D eigenvalue weighted by atomic mass is 10.4. The van der Waals surface area contributed by atoms with Crippen molar-refractivity contribution in [2.24, 2.45) is 0 Å². The van der Waals surface area contributed by atoms with E-state index in [4.69, 9.17) is 10.5 Å². The minimum atomic E-state index is 0.399. The zero-order valence-corrected chi connectivity index (χ0v) is 9.10. The predicted octanol–water partition coefficient (Wildman–Crippen LogP) is 0.804. The van der Waals surface area contributed by atoms with E-state index in [0.29, 0.717) is 24.3 Å². The summed E-state index contributed by atoms with van der Waals surface area (Å²) in [5, 5.41) is 0. The molecule has 1 aromatic rings. The van der Waals surface area contributed by atoms with Gasteiger partial charge in [0.05, 0.1) is 0 Å². The maximum atomic E-state index is 5.71. The third kappa shape index (κ3) is 2.36. The van der Waals surface area contributed by atoms with Gasteiger partial charge in [-0.05, 0) is 12.8 Å². The summed E-state index contributed by atoms with van der Waals surface area (Å²) >= 11 is 0. The number of rotatable bonds is 4. The van der Waals surface area contributed by atoms with E-state index in [1.54, 1.807) is 13.2 Å². The van der Waals surface area contributed by atoms with Crippen LogP contribution in [0.2, 0.25) is 0 Å². The van der Waals surface area contributed by atoms with Crippen molar-refractivity contribution in [3.05, 3.63) is 11.9 Å². The second kappa shape index (κ2) is 4.02. The number of nitrogen functional groups attached to an aromatic ring is 1. The van der Waals surface area contributed by atoms with Crippen molar-refractivity contribution in [2.75, 3.05) is 24.8 Å². The molecule has 0 spiro atoms. The smallest absolute Gasteiger partial charge is 0.158 e. The van der Waals surface area contributed by atoms with Crippen LogP contribution in [0.25, 0.3) is 0 Å². The molecule has 0 aromatic carbocycles. The molecular weight excluding hydrogens is 192 g/mol. The quantitative estimate of drug-likeness (QED) is 0.793. The van der Waals surface area contributed by atoms with Crippen molar-refractivity contribution in [1.29, 1.82) is 0 Å². The lowest BCUT2D eigenvalue weighted by Gasteiger charge is -2.18. The first-order chi connectivity index (χ1) is 7.20. The monoisotopic (exact) mass is 208 g/mol. The summed E-state index contributed by atoms with van der Waals surface area (Å²) in [4.78, 5) is 10.6. The largest absolute Gasteiger partial charge is 0.384 e. The molecule has 1 saturated carbocycles. The fourth-order valence-corrected chi connectivity index (χ4v) is 1.53. The summed E-state index contributed by atoms with van der Waals surface area (Å²) in [6.45, 7) is 0.399. The van der Waals surface area contributed by atoms with Gasteiger partial charge in [-0.25, -0.2) is 9.97 Å². The fraction of sp³-hybridized carbons (Fsp3) is 0.600. The van der Waals surface area contributed by atoms with Crippen molar-refractivity contribution in [1.82, 2.24) is 9.97 Å². The summed E-state index contributed by atoms with van der Waals surface area (Å²) in [6.07, 6.45) is 2.47. The van der Waals surface area contributed by atoms with Gasteiger partial charge in [-0.3, -0.25) is 0 Å². The van der Waals surface area contributed by atoms with E-state index in [9.17, 15) is 0 Å². The van der Waals surface area contributed by atoms with E-state index in [0.717, 1.165) is 5.82 Å². The average Bonchev–Trinajstić information content (AvgIpc) is 2.99. The van der Waals surface area contributed by atoms with Crippen molar-refractivity contribution < 1.29 is 4.74 Å². The lowest BCUT2D eigenvalue weighted by molar-refractivity contribution is 0.178. The standard InChI is InChI=1S/C10H16N4O/c1-14(7-3-4-7)10-5-8(11)12-9(13-10)6-15-2/h5,7H,3-4,6H2,1-2H3,(H2,11,12,13). The average molecular weight is 208 g/mol. The Morgan fingerprint density at radius 3 is 2.87 bits per heavy atom. The Balaban J connectivity index is 2.21. The molecule has 1 fully saturated rings. The van der Waals surface area contributed by atoms with Gasteiger partial charge in [-0.15, -0.1) is 0 Å². The van der Waals surface area contributed by atoms with Crippen LogP contribution in [0, 0.1) is 0 Å². The first kappa shape index (κ1) is 10.2. The zero-order chi connectivity index (χ0) is 10.8. The van der Waals surface area contributed by atoms with Crippen molar-refractivity contribution >= 4 is 11.6 Å². The highest BCUT2D eigenvalue weighted by molar-refractivity contribution is 5.48. The Labute approximate surface area is 89.3 Å². The van der Waals surface area contributed by atoms with Crippen LogP contribution in [-0.2, 0) is 11.3 Å². The number of hydrogen-bond acceptors (Lipinski definition) is 5. The molecule has 1 aliphatic rings. The Morgan fingerprint density at radius 2 is 2.27 bits per heavy atom. The molecular formula is C10H16N4O. The number of nitrogens with two attached hydrogens (primary N) is 1. The molecule has 0 amide bonds. The lowest BCUT2D eigenvalue weighted by Crippen LogP contribution is -2.21. The molecule has 82 valence electrons. The SMILES string of the molecule is COCc1nc(N)cc(N(C)C2CC2)n1. The van der Waals surface area contributed by atoms with Crippen LogP contribution in [0.1, 0.15) is 18.7 Å². The second-order valence-corrected chi connectivity index (χ2v) is 3.84. The van der Waals surface area contributed by atoms with Gasteiger partial charge < -0.3 is 15.4 Å². The zero-order valence-electron chi connectivity index (χ0n) is 9.10. The van der Waals surface area contributed by atoms with E-state index < -0.39 is 0 Å². The predicted molar refractivity (Wildman–Crippen MR) is 58.6 cm³/mol. The topological polar surface area (TPSA) is 64.3 Å². The summed E-state index contributed by atoms with van der Waals surface area (Å²) < 4.78 is 4.99. The highest BCUT2D eigenvalue weighted by Gasteiger charge is 2.27. The molecule has 1 aliphatic carbocycles. The first-order valence-electron chi connectivity index (χ1n) is 5.06. The molecule has 0 atom stereocenters. The van der Waals surface area contributed by atoms with Crippen molar-refractivity contribution in [3.63, 3.8) is 0 Å². The van der Waals surface area contributed by atoms with Crippen LogP contribution in [-0.4, -0.2) is 30.2 Å². The van der Waals surface area contributed by atoms with Crippen LogP contribution >= 0.6 is 0 Å². The second-order valence-electron chi connectivity index (χ2n) is 3.84.